The Balaban J connectivity index is -0.000000151. The van der Waals surface area contributed by atoms with Crippen molar-refractivity contribution in [1.29, 1.82) is 0 Å². The summed E-state index contributed by atoms with van der Waals surface area (Å²) in [6, 6.07) is 11.7. The van der Waals surface area contributed by atoms with Crippen molar-refractivity contribution in [2.45, 2.75) is 435 Å². The van der Waals surface area contributed by atoms with Gasteiger partial charge in [-0.25, -0.2) is 0 Å². The second kappa shape index (κ2) is 52.6. The third-order valence-electron chi connectivity index (χ3n) is 15.4. The van der Waals surface area contributed by atoms with Crippen LogP contribution in [0.1, 0.15) is 454 Å². The molecule has 532 valence electrons. The summed E-state index contributed by atoms with van der Waals surface area (Å²) in [7, 11) is 0. The maximum atomic E-state index is 12.4. The van der Waals surface area contributed by atoms with Crippen LogP contribution in [0.3, 0.4) is 0 Å². The molecule has 3 heteroatoms. The molecule has 0 amide bonds. The zero-order chi connectivity index (χ0) is 79.3. The van der Waals surface area contributed by atoms with Crippen LogP contribution in [0.5, 0.6) is 0 Å². The molecule has 0 aromatic heterocycles. The van der Waals surface area contributed by atoms with Crippen LogP contribution < -0.4 is 0 Å². The lowest BCUT2D eigenvalue weighted by atomic mass is 9.79. The van der Waals surface area contributed by atoms with Gasteiger partial charge in [0, 0.05) is 11.0 Å². The summed E-state index contributed by atoms with van der Waals surface area (Å²) in [5, 5.41) is 0. The fourth-order valence-corrected chi connectivity index (χ4v) is 8.66. The van der Waals surface area contributed by atoms with Crippen molar-refractivity contribution in [3.63, 3.8) is 0 Å². The molecule has 3 aliphatic rings. The second-order valence-electron chi connectivity index (χ2n) is 32.1. The van der Waals surface area contributed by atoms with E-state index in [1.54, 1.807) is 27.7 Å². The Morgan fingerprint density at radius 2 is 0.830 bits per heavy atom. The van der Waals surface area contributed by atoms with Gasteiger partial charge < -0.3 is 0 Å². The largest absolute Gasteiger partial charge is 0.394 e. The van der Waals surface area contributed by atoms with E-state index in [0.29, 0.717) is 36.0 Å². The summed E-state index contributed by atoms with van der Waals surface area (Å²) in [6.07, 6.45) is 7.39. The third-order valence-corrected chi connectivity index (χ3v) is 15.4. The fourth-order valence-electron chi connectivity index (χ4n) is 8.66. The molecule has 0 bridgehead atoms. The molecule has 2 aromatic rings. The third kappa shape index (κ3) is 59.3. The topological polar surface area (TPSA) is 0 Å². The quantitative estimate of drug-likeness (QED) is 0.270. The molecule has 5 rings (SSSR count). The number of aryl methyl sites for hydroxylation is 1. The molecular formula is C85H171F3. The zero-order valence-corrected chi connectivity index (χ0v) is 68.2. The Labute approximate surface area is 570 Å². The molecule has 0 radical (unpaired) electrons. The minimum Gasteiger partial charge on any atom is -0.171 e. The molecule has 0 N–H and O–H groups in total. The molecule has 0 spiro atoms. The molecule has 2 aromatic carbocycles. The average molecular weight is 1260 g/mol. The average Bonchev–Trinajstić information content (AvgIpc) is 1.28. The predicted molar refractivity (Wildman–Crippen MR) is 408 cm³/mol. The Bertz CT molecular complexity index is 2070. The lowest BCUT2D eigenvalue weighted by molar-refractivity contribution is -0.223. The van der Waals surface area contributed by atoms with Crippen molar-refractivity contribution in [3.8, 4) is 0 Å². The van der Waals surface area contributed by atoms with Gasteiger partial charge in [0.05, 0.1) is 5.41 Å². The van der Waals surface area contributed by atoms with Crippen LogP contribution in [0.15, 0.2) is 30.3 Å². The number of halogens is 3. The molecule has 0 atom stereocenters. The molecule has 3 saturated carbocycles. The van der Waals surface area contributed by atoms with Crippen LogP contribution in [0, 0.1) is 58.6 Å². The molecular weight excluding hydrogens is 1080 g/mol. The SMILES string of the molecule is CC.CC.CC.CC(C)(C)C.CCC1(C(F)(F)F)CCCC1.CCC1(C)CCCC1.Cc1c(C(C)C)cc(C(C)C)cc1C(C)C.Cc1ccc(C(C)(C)C)cc1C(C)(C)C.[2H]C(C)(C)C.[2H]C([2H])(C)C(C)(C)C.[2H]C([2H])(C)C(C)(C)C.[2H]C([2H])(C)C(C)C.[2H]C1(C)CCCC1. The van der Waals surface area contributed by atoms with Gasteiger partial charge >= 0.3 is 6.18 Å². The van der Waals surface area contributed by atoms with E-state index in [0.717, 1.165) is 31.1 Å². The predicted octanol–water partition coefficient (Wildman–Crippen LogP) is 32.4. The number of benzene rings is 2. The first-order valence-electron chi connectivity index (χ1n) is 39.7. The number of hydrogen-bond acceptors (Lipinski definition) is 0. The summed E-state index contributed by atoms with van der Waals surface area (Å²) >= 11 is 0. The van der Waals surface area contributed by atoms with Crippen molar-refractivity contribution in [2.75, 3.05) is 0 Å². The van der Waals surface area contributed by atoms with Gasteiger partial charge in [-0.3, -0.25) is 0 Å². The van der Waals surface area contributed by atoms with Gasteiger partial charge in [0.2, 0.25) is 0 Å². The van der Waals surface area contributed by atoms with E-state index in [1.165, 1.54) is 83.9 Å². The van der Waals surface area contributed by atoms with E-state index < -0.39 is 30.7 Å². The first-order chi connectivity index (χ1) is 42.4. The highest BCUT2D eigenvalue weighted by atomic mass is 19.4. The van der Waals surface area contributed by atoms with Crippen molar-refractivity contribution < 1.29 is 24.1 Å². The molecule has 3 aliphatic carbocycles. The smallest absolute Gasteiger partial charge is 0.171 e. The van der Waals surface area contributed by atoms with Gasteiger partial charge in [0.25, 0.3) is 0 Å². The first kappa shape index (κ1) is 84.2. The van der Waals surface area contributed by atoms with E-state index in [-0.39, 0.29) is 45.8 Å². The summed E-state index contributed by atoms with van der Waals surface area (Å²) < 4.78 is 94.8. The van der Waals surface area contributed by atoms with Crippen LogP contribution >= 0.6 is 0 Å². The Hall–Kier alpha value is -1.77. The van der Waals surface area contributed by atoms with E-state index in [4.69, 9.17) is 11.0 Å². The van der Waals surface area contributed by atoms with Gasteiger partial charge in [-0.05, 0) is 153 Å². The fraction of sp³-hybridized carbons (Fsp3) is 0.859. The highest BCUT2D eigenvalue weighted by Crippen LogP contribution is 2.52. The van der Waals surface area contributed by atoms with E-state index >= 15 is 0 Å². The molecule has 3 fully saturated rings. The van der Waals surface area contributed by atoms with E-state index in [2.05, 4.69) is 169 Å². The van der Waals surface area contributed by atoms with Gasteiger partial charge in [0.15, 0.2) is 0 Å². The Kier molecular flexibility index (Phi) is 50.3. The molecule has 0 saturated heterocycles. The highest BCUT2D eigenvalue weighted by molar-refractivity contribution is 5.42. The maximum Gasteiger partial charge on any atom is 0.394 e. The van der Waals surface area contributed by atoms with Crippen molar-refractivity contribution in [3.05, 3.63) is 69.3 Å². The van der Waals surface area contributed by atoms with Crippen molar-refractivity contribution >= 4 is 0 Å². The van der Waals surface area contributed by atoms with Gasteiger partial charge in [-0.2, -0.15) is 13.2 Å². The molecule has 0 unspecified atom stereocenters. The monoisotopic (exact) mass is 1260 g/mol. The second-order valence-corrected chi connectivity index (χ2v) is 32.1. The molecule has 88 heavy (non-hydrogen) atoms. The minimum atomic E-state index is -3.97. The number of hydrogen-bond donors (Lipinski definition) is 0. The van der Waals surface area contributed by atoms with Crippen molar-refractivity contribution in [2.24, 2.45) is 44.8 Å². The first-order valence-corrected chi connectivity index (χ1v) is 35.7. The molecule has 0 nitrogen and oxygen atoms in total. The highest BCUT2D eigenvalue weighted by Gasteiger charge is 2.54. The standard InChI is InChI=1S/C16H26.C15H24.C8H13F3.C8H16.C6H12.2C6H14.2C5H12.C4H10.3C2H6/c1-10(2)14-8-15(11(3)4)13(7)16(9-14)12(5)6;1-11-8-9-12(14(2,3)4)10-13(11)15(5,6)7;1-2-7(8(9,10)11)5-3-4-6-7;1-3-8(2)6-4-5-7-8;1-6-4-2-3-5-6;2*1-5-6(2,3)4;1-5(2,3)4;1-4-5(2)3;1-4(2)3;3*1-2/h8-12H,1-7H3;8-10H,1-7H3;2-6H2,1H3;3-7H2,1-2H3;6H,2-5H2,1H3;2*5H2,1-4H3;1-4H3;5H,4H2,1-3H3;4H,1-3H3;3*1-2H3/i;;;;6D;2*5D2;;4D2;4D;;;. The summed E-state index contributed by atoms with van der Waals surface area (Å²) in [6.45, 7) is 86.5. The van der Waals surface area contributed by atoms with Crippen molar-refractivity contribution in [1.82, 2.24) is 0 Å². The molecule has 0 aliphatic heterocycles. The Morgan fingerprint density at radius 1 is 0.523 bits per heavy atom. The number of alkyl halides is 3. The molecule has 0 heterocycles. The van der Waals surface area contributed by atoms with Crippen LogP contribution in [-0.4, -0.2) is 6.18 Å². The lowest BCUT2D eigenvalue weighted by Crippen LogP contribution is -2.34. The minimum absolute atomic E-state index is 0.0556. The van der Waals surface area contributed by atoms with E-state index in [1.807, 2.05) is 125 Å². The summed E-state index contributed by atoms with van der Waals surface area (Å²) in [5.41, 5.74) is 10.3. The normalized spacial score (nSPS) is 17.3. The lowest BCUT2D eigenvalue weighted by Gasteiger charge is -2.29. The Morgan fingerprint density at radius 3 is 1.00 bits per heavy atom. The van der Waals surface area contributed by atoms with Gasteiger partial charge in [0.1, 0.15) is 0 Å². The van der Waals surface area contributed by atoms with Gasteiger partial charge in [-0.1, -0.05) is 384 Å². The maximum absolute atomic E-state index is 12.4. The van der Waals surface area contributed by atoms with Gasteiger partial charge in [-0.15, -0.1) is 0 Å². The van der Waals surface area contributed by atoms with Crippen LogP contribution in [0.25, 0.3) is 0 Å². The number of rotatable bonds is 6. The summed E-state index contributed by atoms with van der Waals surface area (Å²) in [5.74, 6) is 1.69. The zero-order valence-electron chi connectivity index (χ0n) is 76.2. The van der Waals surface area contributed by atoms with E-state index in [9.17, 15) is 13.2 Å². The van der Waals surface area contributed by atoms with Crippen LogP contribution in [-0.2, 0) is 10.8 Å². The van der Waals surface area contributed by atoms with Crippen LogP contribution in [0.4, 0.5) is 13.2 Å². The van der Waals surface area contributed by atoms with Crippen LogP contribution in [0.2, 0.25) is 0 Å². The summed E-state index contributed by atoms with van der Waals surface area (Å²) in [4.78, 5) is 0.